The summed E-state index contributed by atoms with van der Waals surface area (Å²) in [6.45, 7) is 15.6. The first kappa shape index (κ1) is 29.6. The molecule has 1 saturated heterocycles. The van der Waals surface area contributed by atoms with Gasteiger partial charge in [0.1, 0.15) is 0 Å². The summed E-state index contributed by atoms with van der Waals surface area (Å²) >= 11 is 0. The average molecular weight is 578 g/mol. The Labute approximate surface area is 217 Å². The molecule has 0 atom stereocenters. The number of aliphatic imine (C=N–C) groups is 1. The van der Waals surface area contributed by atoms with Gasteiger partial charge in [-0.1, -0.05) is 0 Å². The van der Waals surface area contributed by atoms with Crippen LogP contribution in [0.4, 0.5) is 0 Å². The number of methoxy groups -OCH3 is 3. The molecule has 190 valence electrons. The predicted molar refractivity (Wildman–Crippen MR) is 147 cm³/mol. The Bertz CT molecular complexity index is 704. The second kappa shape index (κ2) is 14.7. The lowest BCUT2D eigenvalue weighted by Gasteiger charge is -2.37. The van der Waals surface area contributed by atoms with Crippen LogP contribution in [0, 0.1) is 0 Å². The number of rotatable bonds is 10. The minimum atomic E-state index is 0. The van der Waals surface area contributed by atoms with Crippen molar-refractivity contribution in [2.45, 2.75) is 46.3 Å². The number of nitrogens with one attached hydrogen (secondary N) is 1. The Morgan fingerprint density at radius 3 is 1.94 bits per heavy atom. The van der Waals surface area contributed by atoms with Crippen molar-refractivity contribution in [1.29, 1.82) is 0 Å². The van der Waals surface area contributed by atoms with Crippen LogP contribution in [0.5, 0.6) is 17.2 Å². The lowest BCUT2D eigenvalue weighted by Crippen LogP contribution is -2.53. The summed E-state index contributed by atoms with van der Waals surface area (Å²) in [7, 11) is 6.80. The Hall–Kier alpha value is -1.46. The van der Waals surface area contributed by atoms with Gasteiger partial charge in [-0.05, 0) is 45.4 Å². The third kappa shape index (κ3) is 8.36. The van der Waals surface area contributed by atoms with E-state index in [1.54, 1.807) is 21.3 Å². The monoisotopic (exact) mass is 577 g/mol. The SMILES string of the molecule is CN=C(NCCN(C(C)C)C(C)C)N1CCN(Cc2cc(OC)c(OC)c(OC)c2)CC1.I. The van der Waals surface area contributed by atoms with Crippen molar-refractivity contribution < 1.29 is 14.2 Å². The second-order valence-electron chi connectivity index (χ2n) is 8.70. The van der Waals surface area contributed by atoms with Crippen molar-refractivity contribution in [1.82, 2.24) is 20.0 Å². The summed E-state index contributed by atoms with van der Waals surface area (Å²) in [6.07, 6.45) is 0. The van der Waals surface area contributed by atoms with Gasteiger partial charge in [0.15, 0.2) is 17.5 Å². The van der Waals surface area contributed by atoms with Gasteiger partial charge in [-0.3, -0.25) is 14.8 Å². The van der Waals surface area contributed by atoms with Crippen LogP contribution in [0.2, 0.25) is 0 Å². The number of halogens is 1. The molecule has 0 unspecified atom stereocenters. The molecule has 8 nitrogen and oxygen atoms in total. The summed E-state index contributed by atoms with van der Waals surface area (Å²) in [5, 5.41) is 3.56. The molecule has 2 rings (SSSR count). The van der Waals surface area contributed by atoms with Gasteiger partial charge in [-0.15, -0.1) is 24.0 Å². The van der Waals surface area contributed by atoms with E-state index in [1.807, 2.05) is 19.2 Å². The second-order valence-corrected chi connectivity index (χ2v) is 8.70. The van der Waals surface area contributed by atoms with E-state index in [-0.39, 0.29) is 24.0 Å². The van der Waals surface area contributed by atoms with E-state index in [1.165, 1.54) is 0 Å². The number of nitrogens with zero attached hydrogens (tertiary/aromatic N) is 4. The molecule has 0 radical (unpaired) electrons. The maximum absolute atomic E-state index is 5.50. The highest BCUT2D eigenvalue weighted by Gasteiger charge is 2.21. The van der Waals surface area contributed by atoms with Gasteiger partial charge < -0.3 is 24.4 Å². The molecule has 1 aliphatic rings. The fourth-order valence-electron chi connectivity index (χ4n) is 4.34. The summed E-state index contributed by atoms with van der Waals surface area (Å²) in [5.74, 6) is 3.01. The molecule has 0 aliphatic carbocycles. The smallest absolute Gasteiger partial charge is 0.203 e. The van der Waals surface area contributed by atoms with E-state index in [2.05, 4.69) is 52.7 Å². The van der Waals surface area contributed by atoms with Gasteiger partial charge in [-0.2, -0.15) is 0 Å². The molecule has 33 heavy (non-hydrogen) atoms. The molecule has 1 aromatic rings. The topological polar surface area (TPSA) is 61.8 Å². The van der Waals surface area contributed by atoms with Crippen LogP contribution in [0.15, 0.2) is 17.1 Å². The van der Waals surface area contributed by atoms with Crippen molar-refractivity contribution in [2.75, 3.05) is 67.6 Å². The van der Waals surface area contributed by atoms with Crippen LogP contribution >= 0.6 is 24.0 Å². The number of hydrogen-bond acceptors (Lipinski definition) is 6. The van der Waals surface area contributed by atoms with Gasteiger partial charge >= 0.3 is 0 Å². The molecule has 1 fully saturated rings. The maximum atomic E-state index is 5.50. The third-order valence-corrected chi connectivity index (χ3v) is 5.99. The molecule has 1 N–H and O–H groups in total. The average Bonchev–Trinajstić information content (AvgIpc) is 2.78. The van der Waals surface area contributed by atoms with Crippen molar-refractivity contribution in [3.63, 3.8) is 0 Å². The van der Waals surface area contributed by atoms with Crippen LogP contribution in [0.3, 0.4) is 0 Å². The largest absolute Gasteiger partial charge is 0.493 e. The van der Waals surface area contributed by atoms with Crippen LogP contribution in [0.25, 0.3) is 0 Å². The molecule has 0 aromatic heterocycles. The van der Waals surface area contributed by atoms with Gasteiger partial charge in [-0.25, -0.2) is 0 Å². The lowest BCUT2D eigenvalue weighted by atomic mass is 10.1. The van der Waals surface area contributed by atoms with E-state index in [0.717, 1.165) is 57.3 Å². The maximum Gasteiger partial charge on any atom is 0.203 e. The molecule has 0 bridgehead atoms. The summed E-state index contributed by atoms with van der Waals surface area (Å²) in [5.41, 5.74) is 1.15. The zero-order valence-corrected chi connectivity index (χ0v) is 24.0. The number of benzene rings is 1. The van der Waals surface area contributed by atoms with E-state index in [0.29, 0.717) is 29.3 Å². The minimum absolute atomic E-state index is 0. The van der Waals surface area contributed by atoms with Gasteiger partial charge in [0.05, 0.1) is 21.3 Å². The van der Waals surface area contributed by atoms with Crippen LogP contribution in [-0.4, -0.2) is 100 Å². The van der Waals surface area contributed by atoms with Crippen LogP contribution < -0.4 is 19.5 Å². The van der Waals surface area contributed by atoms with E-state index < -0.39 is 0 Å². The van der Waals surface area contributed by atoms with Crippen molar-refractivity contribution in [3.8, 4) is 17.2 Å². The summed E-state index contributed by atoms with van der Waals surface area (Å²) in [6, 6.07) is 5.14. The van der Waals surface area contributed by atoms with Crippen molar-refractivity contribution >= 4 is 29.9 Å². The molecule has 0 spiro atoms. The molecule has 9 heteroatoms. The van der Waals surface area contributed by atoms with E-state index in [9.17, 15) is 0 Å². The molecular formula is C24H44IN5O3. The number of piperazine rings is 1. The summed E-state index contributed by atoms with van der Waals surface area (Å²) < 4.78 is 16.4. The Morgan fingerprint density at radius 1 is 0.970 bits per heavy atom. The molecule has 0 saturated carbocycles. The molecular weight excluding hydrogens is 533 g/mol. The highest BCUT2D eigenvalue weighted by Crippen LogP contribution is 2.38. The zero-order chi connectivity index (χ0) is 23.7. The minimum Gasteiger partial charge on any atom is -0.493 e. The molecule has 1 aromatic carbocycles. The number of hydrogen-bond donors (Lipinski definition) is 1. The number of ether oxygens (including phenoxy) is 3. The standard InChI is InChI=1S/C24H43N5O3.HI/c1-18(2)29(19(3)4)10-9-26-24(25-5)28-13-11-27(12-14-28)17-20-15-21(30-6)23(32-8)22(16-20)31-7;/h15-16,18-19H,9-14,17H2,1-8H3,(H,25,26);1H. The fraction of sp³-hybridized carbons (Fsp3) is 0.708. The quantitative estimate of drug-likeness (QED) is 0.261. The normalized spacial score (nSPS) is 15.1. The predicted octanol–water partition coefficient (Wildman–Crippen LogP) is 3.14. The van der Waals surface area contributed by atoms with Crippen molar-refractivity contribution in [2.24, 2.45) is 4.99 Å². The van der Waals surface area contributed by atoms with E-state index >= 15 is 0 Å². The van der Waals surface area contributed by atoms with Gasteiger partial charge in [0.25, 0.3) is 0 Å². The Kier molecular flexibility index (Phi) is 13.2. The highest BCUT2D eigenvalue weighted by molar-refractivity contribution is 14.0. The zero-order valence-electron chi connectivity index (χ0n) is 21.7. The first-order valence-electron chi connectivity index (χ1n) is 11.6. The first-order valence-corrected chi connectivity index (χ1v) is 11.6. The highest BCUT2D eigenvalue weighted by atomic mass is 127. The molecule has 0 amide bonds. The molecule has 1 aliphatic heterocycles. The van der Waals surface area contributed by atoms with Crippen molar-refractivity contribution in [3.05, 3.63) is 17.7 Å². The first-order chi connectivity index (χ1) is 15.3. The summed E-state index contributed by atoms with van der Waals surface area (Å²) in [4.78, 5) is 11.8. The van der Waals surface area contributed by atoms with Gasteiger partial charge in [0.2, 0.25) is 5.75 Å². The Balaban J connectivity index is 0.00000544. The fourth-order valence-corrected chi connectivity index (χ4v) is 4.34. The van der Waals surface area contributed by atoms with Gasteiger partial charge in [0, 0.05) is 64.9 Å². The lowest BCUT2D eigenvalue weighted by molar-refractivity contribution is 0.167. The Morgan fingerprint density at radius 2 is 1.52 bits per heavy atom. The third-order valence-electron chi connectivity index (χ3n) is 5.99. The van der Waals surface area contributed by atoms with Crippen LogP contribution in [-0.2, 0) is 6.54 Å². The number of guanidine groups is 1. The molecule has 1 heterocycles. The van der Waals surface area contributed by atoms with Crippen LogP contribution in [0.1, 0.15) is 33.3 Å². The van der Waals surface area contributed by atoms with E-state index in [4.69, 9.17) is 14.2 Å².